The van der Waals surface area contributed by atoms with Crippen molar-refractivity contribution in [3.8, 4) is 0 Å². The molecule has 0 aliphatic carbocycles. The van der Waals surface area contributed by atoms with E-state index in [0.29, 0.717) is 0 Å². The van der Waals surface area contributed by atoms with Crippen LogP contribution in [0.4, 0.5) is 5.69 Å². The van der Waals surface area contributed by atoms with Gasteiger partial charge in [-0.15, -0.1) is 0 Å². The second-order valence-electron chi connectivity index (χ2n) is 7.41. The lowest BCUT2D eigenvalue weighted by Gasteiger charge is -2.32. The summed E-state index contributed by atoms with van der Waals surface area (Å²) < 4.78 is 0. The van der Waals surface area contributed by atoms with Gasteiger partial charge in [-0.1, -0.05) is 30.3 Å². The van der Waals surface area contributed by atoms with E-state index in [9.17, 15) is 4.79 Å². The van der Waals surface area contributed by atoms with Crippen molar-refractivity contribution in [2.24, 2.45) is 0 Å². The zero-order valence-corrected chi connectivity index (χ0v) is 16.0. The number of nitrogens with one attached hydrogen (secondary N) is 1. The van der Waals surface area contributed by atoms with Gasteiger partial charge in [0.1, 0.15) is 0 Å². The van der Waals surface area contributed by atoms with Gasteiger partial charge in [0.15, 0.2) is 0 Å². The predicted molar refractivity (Wildman–Crippen MR) is 108 cm³/mol. The summed E-state index contributed by atoms with van der Waals surface area (Å²) in [6, 6.07) is 16.8. The molecule has 3 rings (SSSR count). The third-order valence-electron chi connectivity index (χ3n) is 5.11. The van der Waals surface area contributed by atoms with Crippen LogP contribution in [0.1, 0.15) is 34.3 Å². The molecule has 0 unspecified atom stereocenters. The number of nitrogens with zero attached hydrogens (tertiary/aromatic N) is 2. The standard InChI is InChI=1S/C22H29N3O/c1-17-15-19(9-10-21(17)24(2)3)22(26)23-20-11-13-25(14-12-20)16-18-7-5-4-6-8-18/h4-10,15,20H,11-14,16H2,1-3H3,(H,23,26). The quantitative estimate of drug-likeness (QED) is 0.896. The van der Waals surface area contributed by atoms with E-state index in [4.69, 9.17) is 0 Å². The third-order valence-corrected chi connectivity index (χ3v) is 5.11. The summed E-state index contributed by atoms with van der Waals surface area (Å²) in [6.07, 6.45) is 2.01. The molecule has 0 radical (unpaired) electrons. The SMILES string of the molecule is Cc1cc(C(=O)NC2CCN(Cc3ccccc3)CC2)ccc1N(C)C. The predicted octanol–water partition coefficient (Wildman–Crippen LogP) is 3.46. The average molecular weight is 351 g/mol. The number of hydrogen-bond donors (Lipinski definition) is 1. The number of carbonyl (C=O) groups excluding carboxylic acids is 1. The minimum atomic E-state index is 0.0416. The first-order chi connectivity index (χ1) is 12.5. The second kappa shape index (κ2) is 8.37. The molecule has 4 heteroatoms. The third kappa shape index (κ3) is 4.64. The van der Waals surface area contributed by atoms with Gasteiger partial charge in [-0.3, -0.25) is 9.69 Å². The van der Waals surface area contributed by atoms with E-state index in [0.717, 1.165) is 49.3 Å². The number of likely N-dealkylation sites (tertiary alicyclic amines) is 1. The number of carbonyl (C=O) groups is 1. The molecule has 1 N–H and O–H groups in total. The molecular weight excluding hydrogens is 322 g/mol. The van der Waals surface area contributed by atoms with Gasteiger partial charge in [-0.2, -0.15) is 0 Å². The molecule has 138 valence electrons. The largest absolute Gasteiger partial charge is 0.377 e. The van der Waals surface area contributed by atoms with Gasteiger partial charge in [0.2, 0.25) is 0 Å². The molecule has 1 saturated heterocycles. The van der Waals surface area contributed by atoms with Crippen LogP contribution in [0, 0.1) is 6.92 Å². The highest BCUT2D eigenvalue weighted by Crippen LogP contribution is 2.20. The summed E-state index contributed by atoms with van der Waals surface area (Å²) in [5, 5.41) is 3.22. The summed E-state index contributed by atoms with van der Waals surface area (Å²) in [5.41, 5.74) is 4.38. The van der Waals surface area contributed by atoms with Crippen LogP contribution < -0.4 is 10.2 Å². The number of rotatable bonds is 5. The fraction of sp³-hybridized carbons (Fsp3) is 0.409. The van der Waals surface area contributed by atoms with Gasteiger partial charge in [0, 0.05) is 51.0 Å². The molecule has 2 aromatic carbocycles. The van der Waals surface area contributed by atoms with Crippen molar-refractivity contribution in [1.29, 1.82) is 0 Å². The van der Waals surface area contributed by atoms with Crippen molar-refractivity contribution in [2.45, 2.75) is 32.4 Å². The molecule has 1 amide bonds. The van der Waals surface area contributed by atoms with Crippen LogP contribution in [0.3, 0.4) is 0 Å². The Balaban J connectivity index is 1.51. The Hall–Kier alpha value is -2.33. The first-order valence-corrected chi connectivity index (χ1v) is 9.38. The maximum atomic E-state index is 12.6. The maximum absolute atomic E-state index is 12.6. The number of amides is 1. The van der Waals surface area contributed by atoms with Gasteiger partial charge >= 0.3 is 0 Å². The van der Waals surface area contributed by atoms with Crippen LogP contribution in [0.5, 0.6) is 0 Å². The maximum Gasteiger partial charge on any atom is 0.251 e. The van der Waals surface area contributed by atoms with E-state index in [-0.39, 0.29) is 11.9 Å². The monoisotopic (exact) mass is 351 g/mol. The highest BCUT2D eigenvalue weighted by molar-refractivity contribution is 5.95. The Kier molecular flexibility index (Phi) is 5.94. The first-order valence-electron chi connectivity index (χ1n) is 9.38. The van der Waals surface area contributed by atoms with E-state index in [1.807, 2.05) is 39.2 Å². The van der Waals surface area contributed by atoms with Crippen LogP contribution in [-0.2, 0) is 6.54 Å². The van der Waals surface area contributed by atoms with E-state index >= 15 is 0 Å². The Morgan fingerprint density at radius 3 is 2.42 bits per heavy atom. The molecule has 1 fully saturated rings. The lowest BCUT2D eigenvalue weighted by molar-refractivity contribution is 0.0909. The normalized spacial score (nSPS) is 15.7. The summed E-state index contributed by atoms with van der Waals surface area (Å²) in [4.78, 5) is 17.1. The highest BCUT2D eigenvalue weighted by Gasteiger charge is 2.21. The summed E-state index contributed by atoms with van der Waals surface area (Å²) in [5.74, 6) is 0.0416. The number of anilines is 1. The number of aryl methyl sites for hydroxylation is 1. The summed E-state index contributed by atoms with van der Waals surface area (Å²) in [6.45, 7) is 5.09. The van der Waals surface area contributed by atoms with Gasteiger partial charge in [0.05, 0.1) is 0 Å². The molecule has 4 nitrogen and oxygen atoms in total. The van der Waals surface area contributed by atoms with Gasteiger partial charge in [-0.25, -0.2) is 0 Å². The van der Waals surface area contributed by atoms with Gasteiger partial charge < -0.3 is 10.2 Å². The fourth-order valence-corrected chi connectivity index (χ4v) is 3.64. The summed E-state index contributed by atoms with van der Waals surface area (Å²) in [7, 11) is 4.04. The van der Waals surface area contributed by atoms with Crippen LogP contribution >= 0.6 is 0 Å². The van der Waals surface area contributed by atoms with Crippen LogP contribution in [0.2, 0.25) is 0 Å². The molecule has 0 saturated carbocycles. The minimum absolute atomic E-state index is 0.0416. The summed E-state index contributed by atoms with van der Waals surface area (Å²) >= 11 is 0. The Morgan fingerprint density at radius 2 is 1.81 bits per heavy atom. The molecule has 2 aromatic rings. The van der Waals surface area contributed by atoms with Crippen molar-refractivity contribution >= 4 is 11.6 Å². The van der Waals surface area contributed by atoms with Crippen LogP contribution in [0.25, 0.3) is 0 Å². The van der Waals surface area contributed by atoms with Crippen molar-refractivity contribution in [2.75, 3.05) is 32.1 Å². The smallest absolute Gasteiger partial charge is 0.251 e. The minimum Gasteiger partial charge on any atom is -0.377 e. The van der Waals surface area contributed by atoms with E-state index in [1.165, 1.54) is 5.56 Å². The Morgan fingerprint density at radius 1 is 1.12 bits per heavy atom. The van der Waals surface area contributed by atoms with E-state index in [2.05, 4.69) is 45.4 Å². The number of benzene rings is 2. The fourth-order valence-electron chi connectivity index (χ4n) is 3.64. The van der Waals surface area contributed by atoms with Crippen molar-refractivity contribution < 1.29 is 4.79 Å². The second-order valence-corrected chi connectivity index (χ2v) is 7.41. The molecule has 0 spiro atoms. The average Bonchev–Trinajstić information content (AvgIpc) is 2.64. The molecule has 1 aliphatic heterocycles. The van der Waals surface area contributed by atoms with Crippen LogP contribution in [-0.4, -0.2) is 44.0 Å². The molecule has 0 aromatic heterocycles. The topological polar surface area (TPSA) is 35.6 Å². The zero-order chi connectivity index (χ0) is 18.5. The van der Waals surface area contributed by atoms with Gasteiger partial charge in [-0.05, 0) is 49.1 Å². The molecule has 26 heavy (non-hydrogen) atoms. The lowest BCUT2D eigenvalue weighted by Crippen LogP contribution is -2.44. The molecule has 1 heterocycles. The van der Waals surface area contributed by atoms with Crippen molar-refractivity contribution in [3.63, 3.8) is 0 Å². The first kappa shape index (κ1) is 18.5. The van der Waals surface area contributed by atoms with E-state index < -0.39 is 0 Å². The number of hydrogen-bond acceptors (Lipinski definition) is 3. The lowest BCUT2D eigenvalue weighted by atomic mass is 10.0. The molecule has 1 aliphatic rings. The zero-order valence-electron chi connectivity index (χ0n) is 16.0. The Bertz CT molecular complexity index is 734. The Labute approximate surface area is 156 Å². The van der Waals surface area contributed by atoms with Crippen molar-refractivity contribution in [3.05, 3.63) is 65.2 Å². The number of piperidine rings is 1. The van der Waals surface area contributed by atoms with E-state index in [1.54, 1.807) is 0 Å². The molecule has 0 bridgehead atoms. The highest BCUT2D eigenvalue weighted by atomic mass is 16.1. The van der Waals surface area contributed by atoms with Gasteiger partial charge in [0.25, 0.3) is 5.91 Å². The van der Waals surface area contributed by atoms with Crippen molar-refractivity contribution in [1.82, 2.24) is 10.2 Å². The molecule has 0 atom stereocenters. The molecular formula is C22H29N3O. The van der Waals surface area contributed by atoms with Crippen LogP contribution in [0.15, 0.2) is 48.5 Å².